The summed E-state index contributed by atoms with van der Waals surface area (Å²) in [5.41, 5.74) is 2.75. The van der Waals surface area contributed by atoms with Gasteiger partial charge in [-0.2, -0.15) is 13.2 Å². The van der Waals surface area contributed by atoms with Crippen molar-refractivity contribution in [3.63, 3.8) is 0 Å². The molecule has 0 fully saturated rings. The number of phenols is 1. The second-order valence-corrected chi connectivity index (χ2v) is 4.94. The van der Waals surface area contributed by atoms with E-state index >= 15 is 0 Å². The predicted octanol–water partition coefficient (Wildman–Crippen LogP) is 4.62. The van der Waals surface area contributed by atoms with Gasteiger partial charge in [-0.25, -0.2) is 0 Å². The van der Waals surface area contributed by atoms with E-state index in [0.29, 0.717) is 12.0 Å². The number of phenolic OH excluding ortho intramolecular Hbond substituents is 1. The van der Waals surface area contributed by atoms with Crippen LogP contribution in [0.25, 0.3) is 0 Å². The summed E-state index contributed by atoms with van der Waals surface area (Å²) in [5.74, 6) is -0.735. The van der Waals surface area contributed by atoms with Crippen LogP contribution in [0.4, 0.5) is 13.2 Å². The zero-order valence-electron chi connectivity index (χ0n) is 11.3. The molecule has 20 heavy (non-hydrogen) atoms. The quantitative estimate of drug-likeness (QED) is 0.851. The Morgan fingerprint density at radius 2 is 1.50 bits per heavy atom. The summed E-state index contributed by atoms with van der Waals surface area (Å²) in [6.07, 6.45) is -4.13. The van der Waals surface area contributed by atoms with E-state index in [-0.39, 0.29) is 0 Å². The Kier molecular flexibility index (Phi) is 3.75. The van der Waals surface area contributed by atoms with Gasteiger partial charge < -0.3 is 5.11 Å². The molecule has 0 unspecified atom stereocenters. The van der Waals surface area contributed by atoms with Crippen LogP contribution < -0.4 is 0 Å². The van der Waals surface area contributed by atoms with E-state index in [1.54, 1.807) is 0 Å². The van der Waals surface area contributed by atoms with E-state index < -0.39 is 17.5 Å². The van der Waals surface area contributed by atoms with Crippen molar-refractivity contribution in [1.82, 2.24) is 0 Å². The van der Waals surface area contributed by atoms with Gasteiger partial charge in [-0.1, -0.05) is 24.3 Å². The molecule has 4 heteroatoms. The minimum atomic E-state index is -4.54. The Morgan fingerprint density at radius 3 is 2.10 bits per heavy atom. The molecule has 0 saturated carbocycles. The summed E-state index contributed by atoms with van der Waals surface area (Å²) >= 11 is 0. The number of rotatable bonds is 2. The Hall–Kier alpha value is -1.97. The number of hydrogen-bond acceptors (Lipinski definition) is 1. The number of alkyl halides is 3. The third kappa shape index (κ3) is 3.13. The van der Waals surface area contributed by atoms with Crippen molar-refractivity contribution in [3.05, 3.63) is 64.2 Å². The van der Waals surface area contributed by atoms with Gasteiger partial charge in [0.15, 0.2) is 0 Å². The zero-order valence-corrected chi connectivity index (χ0v) is 11.3. The molecule has 106 valence electrons. The standard InChI is InChI=1S/C16H15F3O/c1-10-3-4-12(7-11(10)2)8-13-5-6-15(20)14(9-13)16(17,18)19/h3-7,9,20H,8H2,1-2H3. The third-order valence-electron chi connectivity index (χ3n) is 3.35. The van der Waals surface area contributed by atoms with Crippen molar-refractivity contribution in [2.45, 2.75) is 26.4 Å². The smallest absolute Gasteiger partial charge is 0.419 e. The van der Waals surface area contributed by atoms with E-state index in [9.17, 15) is 18.3 Å². The molecular weight excluding hydrogens is 265 g/mol. The van der Waals surface area contributed by atoms with Gasteiger partial charge in [-0.15, -0.1) is 0 Å². The maximum Gasteiger partial charge on any atom is 0.419 e. The molecule has 0 amide bonds. The van der Waals surface area contributed by atoms with Gasteiger partial charge in [0, 0.05) is 0 Å². The number of halogens is 3. The molecular formula is C16H15F3O. The van der Waals surface area contributed by atoms with Crippen LogP contribution in [0.5, 0.6) is 5.75 Å². The zero-order chi connectivity index (χ0) is 14.9. The molecule has 0 heterocycles. The lowest BCUT2D eigenvalue weighted by Crippen LogP contribution is -2.06. The SMILES string of the molecule is Cc1ccc(Cc2ccc(O)c(C(F)(F)F)c2)cc1C. The van der Waals surface area contributed by atoms with Crippen LogP contribution in [-0.2, 0) is 12.6 Å². The van der Waals surface area contributed by atoms with Crippen molar-refractivity contribution in [2.75, 3.05) is 0 Å². The predicted molar refractivity (Wildman–Crippen MR) is 71.8 cm³/mol. The fourth-order valence-electron chi connectivity index (χ4n) is 2.07. The maximum atomic E-state index is 12.7. The largest absolute Gasteiger partial charge is 0.507 e. The lowest BCUT2D eigenvalue weighted by atomic mass is 9.99. The van der Waals surface area contributed by atoms with Crippen LogP contribution in [-0.4, -0.2) is 5.11 Å². The van der Waals surface area contributed by atoms with Crippen molar-refractivity contribution < 1.29 is 18.3 Å². The first-order valence-corrected chi connectivity index (χ1v) is 6.22. The van der Waals surface area contributed by atoms with Gasteiger partial charge in [0.25, 0.3) is 0 Å². The second-order valence-electron chi connectivity index (χ2n) is 4.94. The summed E-state index contributed by atoms with van der Waals surface area (Å²) < 4.78 is 38.2. The van der Waals surface area contributed by atoms with Gasteiger partial charge in [0.1, 0.15) is 5.75 Å². The minimum absolute atomic E-state index is 0.407. The molecule has 0 atom stereocenters. The summed E-state index contributed by atoms with van der Waals surface area (Å²) in [6, 6.07) is 9.44. The Labute approximate surface area is 115 Å². The van der Waals surface area contributed by atoms with Crippen LogP contribution in [0.1, 0.15) is 27.8 Å². The highest BCUT2D eigenvalue weighted by Gasteiger charge is 2.33. The Morgan fingerprint density at radius 1 is 0.900 bits per heavy atom. The molecule has 0 aromatic heterocycles. The molecule has 0 aliphatic heterocycles. The van der Waals surface area contributed by atoms with Crippen LogP contribution in [0.15, 0.2) is 36.4 Å². The highest BCUT2D eigenvalue weighted by atomic mass is 19.4. The molecule has 2 aromatic carbocycles. The Balaban J connectivity index is 2.32. The third-order valence-corrected chi connectivity index (χ3v) is 3.35. The highest BCUT2D eigenvalue weighted by Crippen LogP contribution is 2.36. The normalized spacial score (nSPS) is 11.7. The fraction of sp³-hybridized carbons (Fsp3) is 0.250. The molecule has 2 rings (SSSR count). The number of benzene rings is 2. The summed E-state index contributed by atoms with van der Waals surface area (Å²) in [7, 11) is 0. The first-order chi connectivity index (χ1) is 9.27. The Bertz CT molecular complexity index is 630. The molecule has 0 bridgehead atoms. The van der Waals surface area contributed by atoms with Crippen LogP contribution in [0.3, 0.4) is 0 Å². The molecule has 1 nitrogen and oxygen atoms in total. The highest BCUT2D eigenvalue weighted by molar-refractivity contribution is 5.41. The molecule has 0 aliphatic rings. The average molecular weight is 280 g/mol. The number of hydrogen-bond donors (Lipinski definition) is 1. The summed E-state index contributed by atoms with van der Waals surface area (Å²) in [6.45, 7) is 3.96. The average Bonchev–Trinajstić information content (AvgIpc) is 2.35. The van der Waals surface area contributed by atoms with Crippen molar-refractivity contribution in [1.29, 1.82) is 0 Å². The fourth-order valence-corrected chi connectivity index (χ4v) is 2.07. The van der Waals surface area contributed by atoms with Gasteiger partial charge in [0.2, 0.25) is 0 Å². The first-order valence-electron chi connectivity index (χ1n) is 6.22. The van der Waals surface area contributed by atoms with Crippen LogP contribution in [0.2, 0.25) is 0 Å². The van der Waals surface area contributed by atoms with Gasteiger partial charge in [0.05, 0.1) is 5.56 Å². The van der Waals surface area contributed by atoms with E-state index in [1.807, 2.05) is 32.0 Å². The molecule has 1 N–H and O–H groups in total. The monoisotopic (exact) mass is 280 g/mol. The van der Waals surface area contributed by atoms with Gasteiger partial charge in [-0.05, 0) is 54.7 Å². The second kappa shape index (κ2) is 5.19. The molecule has 2 aromatic rings. The molecule has 0 radical (unpaired) electrons. The molecule has 0 aliphatic carbocycles. The van der Waals surface area contributed by atoms with Crippen molar-refractivity contribution in [3.8, 4) is 5.75 Å². The van der Waals surface area contributed by atoms with Crippen molar-refractivity contribution in [2.24, 2.45) is 0 Å². The summed E-state index contributed by atoms with van der Waals surface area (Å²) in [5, 5.41) is 9.30. The van der Waals surface area contributed by atoms with Gasteiger partial charge in [-0.3, -0.25) is 0 Å². The van der Waals surface area contributed by atoms with E-state index in [1.165, 1.54) is 6.07 Å². The van der Waals surface area contributed by atoms with E-state index in [2.05, 4.69) is 0 Å². The number of aryl methyl sites for hydroxylation is 2. The molecule has 0 saturated heterocycles. The van der Waals surface area contributed by atoms with E-state index in [4.69, 9.17) is 0 Å². The van der Waals surface area contributed by atoms with Crippen LogP contribution >= 0.6 is 0 Å². The number of aromatic hydroxyl groups is 1. The first kappa shape index (κ1) is 14.4. The molecule has 0 spiro atoms. The van der Waals surface area contributed by atoms with E-state index in [0.717, 1.165) is 28.8 Å². The topological polar surface area (TPSA) is 20.2 Å². The summed E-state index contributed by atoms with van der Waals surface area (Å²) in [4.78, 5) is 0. The van der Waals surface area contributed by atoms with Crippen LogP contribution in [0, 0.1) is 13.8 Å². The maximum absolute atomic E-state index is 12.7. The lowest BCUT2D eigenvalue weighted by Gasteiger charge is -2.11. The van der Waals surface area contributed by atoms with Crippen molar-refractivity contribution >= 4 is 0 Å². The lowest BCUT2D eigenvalue weighted by molar-refractivity contribution is -0.138. The van der Waals surface area contributed by atoms with Gasteiger partial charge >= 0.3 is 6.18 Å². The minimum Gasteiger partial charge on any atom is -0.507 e.